The second-order valence-corrected chi connectivity index (χ2v) is 6.95. The normalized spacial score (nSPS) is 27.3. The lowest BCUT2D eigenvalue weighted by molar-refractivity contribution is -0.0412. The number of nitrogens with one attached hydrogen (secondary N) is 1. The van der Waals surface area contributed by atoms with E-state index < -0.39 is 24.5 Å². The maximum Gasteiger partial charge on any atom is 0.202 e. The largest absolute Gasteiger partial charge is 0.387 e. The number of hydrogen-bond acceptors (Lipinski definition) is 7. The summed E-state index contributed by atoms with van der Waals surface area (Å²) < 4.78 is 7.65. The van der Waals surface area contributed by atoms with E-state index in [0.717, 1.165) is 5.56 Å². The molecule has 1 saturated heterocycles. The van der Waals surface area contributed by atoms with Crippen LogP contribution in [0.5, 0.6) is 0 Å². The molecule has 0 aliphatic carbocycles. The number of aromatic amines is 1. The molecule has 10 heteroatoms. The van der Waals surface area contributed by atoms with Crippen molar-refractivity contribution in [2.24, 2.45) is 10.9 Å². The van der Waals surface area contributed by atoms with E-state index in [9.17, 15) is 10.2 Å². The standard InChI is InChI=1S/C17H19ClN6O3/c1-8(9-2-4-10(18)5-3-9)14-12(25)13(26)17(27-14)24-7-22-11-15(23-19)20-6-21-16(11)24/h2-8,12-14,17,25-26H,19H2,1H3,(H,20,21,23)/t8-,12+,13-,14-,17-/m1/s1. The number of nitrogens with zero attached hydrogens (tertiary/aromatic N) is 4. The van der Waals surface area contributed by atoms with Gasteiger partial charge in [-0.25, -0.2) is 9.97 Å². The minimum atomic E-state index is -1.14. The lowest BCUT2D eigenvalue weighted by Crippen LogP contribution is -2.34. The molecule has 3 aromatic rings. The topological polar surface area (TPSA) is 135 Å². The van der Waals surface area contributed by atoms with Crippen molar-refractivity contribution >= 4 is 22.8 Å². The van der Waals surface area contributed by atoms with Crippen LogP contribution >= 0.6 is 11.6 Å². The predicted molar refractivity (Wildman–Crippen MR) is 97.4 cm³/mol. The number of H-pyrrole nitrogens is 1. The Bertz CT molecular complexity index is 1020. The van der Waals surface area contributed by atoms with E-state index in [4.69, 9.17) is 22.2 Å². The quantitative estimate of drug-likeness (QED) is 0.382. The van der Waals surface area contributed by atoms with Crippen molar-refractivity contribution in [2.45, 2.75) is 37.4 Å². The van der Waals surface area contributed by atoms with Crippen LogP contribution < -0.4 is 11.3 Å². The van der Waals surface area contributed by atoms with Gasteiger partial charge in [0.2, 0.25) is 5.49 Å². The molecule has 0 unspecified atom stereocenters. The van der Waals surface area contributed by atoms with E-state index in [1.54, 1.807) is 16.7 Å². The van der Waals surface area contributed by atoms with Crippen molar-refractivity contribution < 1.29 is 14.9 Å². The highest BCUT2D eigenvalue weighted by atomic mass is 35.5. The number of hydrogen-bond donors (Lipinski definition) is 4. The molecule has 0 saturated carbocycles. The zero-order valence-corrected chi connectivity index (χ0v) is 15.2. The first-order valence-electron chi connectivity index (χ1n) is 8.42. The Morgan fingerprint density at radius 2 is 2.00 bits per heavy atom. The number of halogens is 1. The summed E-state index contributed by atoms with van der Waals surface area (Å²) in [4.78, 5) is 11.2. The van der Waals surface area contributed by atoms with Crippen molar-refractivity contribution in [3.63, 3.8) is 0 Å². The molecule has 142 valence electrons. The molecular weight excluding hydrogens is 372 g/mol. The van der Waals surface area contributed by atoms with Crippen molar-refractivity contribution in [3.8, 4) is 0 Å². The first-order valence-corrected chi connectivity index (χ1v) is 8.80. The Morgan fingerprint density at radius 3 is 2.70 bits per heavy atom. The molecule has 5 atom stereocenters. The van der Waals surface area contributed by atoms with Crippen LogP contribution in [0.3, 0.4) is 0 Å². The summed E-state index contributed by atoms with van der Waals surface area (Å²) in [6.45, 7) is 1.93. The van der Waals surface area contributed by atoms with E-state index in [1.807, 2.05) is 19.1 Å². The number of imidazole rings is 1. The molecule has 1 aromatic carbocycles. The molecule has 3 heterocycles. The molecule has 1 fully saturated rings. The maximum atomic E-state index is 10.6. The summed E-state index contributed by atoms with van der Waals surface area (Å²) in [5.41, 5.74) is 2.19. The number of ether oxygens (including phenoxy) is 1. The van der Waals surface area contributed by atoms with E-state index in [1.165, 1.54) is 12.7 Å². The zero-order valence-electron chi connectivity index (χ0n) is 14.4. The summed E-state index contributed by atoms with van der Waals surface area (Å²) in [7, 11) is 0. The van der Waals surface area contributed by atoms with Crippen molar-refractivity contribution in [3.05, 3.63) is 53.0 Å². The number of benzene rings is 1. The number of aliphatic hydroxyl groups is 2. The van der Waals surface area contributed by atoms with E-state index in [-0.39, 0.29) is 11.4 Å². The molecule has 4 rings (SSSR count). The smallest absolute Gasteiger partial charge is 0.202 e. The average molecular weight is 391 g/mol. The van der Waals surface area contributed by atoms with Gasteiger partial charge in [0, 0.05) is 10.9 Å². The van der Waals surface area contributed by atoms with Gasteiger partial charge >= 0.3 is 0 Å². The van der Waals surface area contributed by atoms with Crippen molar-refractivity contribution in [1.82, 2.24) is 19.5 Å². The third-order valence-corrected chi connectivity index (χ3v) is 5.21. The average Bonchev–Trinajstić information content (AvgIpc) is 3.23. The molecule has 0 spiro atoms. The number of nitrogens with two attached hydrogens (primary N) is 1. The molecule has 0 amide bonds. The number of aromatic nitrogens is 4. The summed E-state index contributed by atoms with van der Waals surface area (Å²) in [6, 6.07) is 7.32. The Morgan fingerprint density at radius 1 is 1.26 bits per heavy atom. The van der Waals surface area contributed by atoms with Crippen molar-refractivity contribution in [2.75, 3.05) is 0 Å². The monoisotopic (exact) mass is 390 g/mol. The van der Waals surface area contributed by atoms with Gasteiger partial charge < -0.3 is 25.8 Å². The third-order valence-electron chi connectivity index (χ3n) is 4.95. The van der Waals surface area contributed by atoms with Crippen LogP contribution in [0.25, 0.3) is 11.2 Å². The fourth-order valence-corrected chi connectivity index (χ4v) is 3.58. The summed E-state index contributed by atoms with van der Waals surface area (Å²) in [6.07, 6.45) is -0.718. The van der Waals surface area contributed by atoms with Gasteiger partial charge in [-0.05, 0) is 17.7 Å². The lowest BCUT2D eigenvalue weighted by atomic mass is 9.91. The van der Waals surface area contributed by atoms with Crippen LogP contribution in [0, 0.1) is 0 Å². The van der Waals surface area contributed by atoms with Gasteiger partial charge in [-0.1, -0.05) is 30.7 Å². The molecule has 1 aliphatic rings. The SMILES string of the molecule is C[C@H](c1ccc(Cl)cc1)[C@H]1O[C@@H](n2cnc3c(=NN)nc[nH]c32)[C@H](O)[C@@H]1O. The highest BCUT2D eigenvalue weighted by Crippen LogP contribution is 2.37. The van der Waals surface area contributed by atoms with Gasteiger partial charge in [0.25, 0.3) is 0 Å². The van der Waals surface area contributed by atoms with Gasteiger partial charge in [0.1, 0.15) is 17.9 Å². The van der Waals surface area contributed by atoms with Crippen LogP contribution in [0.2, 0.25) is 5.02 Å². The fourth-order valence-electron chi connectivity index (χ4n) is 3.46. The second kappa shape index (κ2) is 6.93. The molecule has 0 bridgehead atoms. The Balaban J connectivity index is 1.67. The van der Waals surface area contributed by atoms with Gasteiger partial charge in [-0.2, -0.15) is 5.10 Å². The van der Waals surface area contributed by atoms with E-state index in [2.05, 4.69) is 20.1 Å². The van der Waals surface area contributed by atoms with Gasteiger partial charge in [0.15, 0.2) is 11.7 Å². The predicted octanol–water partition coefficient (Wildman–Crippen LogP) is 0.610. The number of fused-ring (bicyclic) bond motifs is 1. The molecule has 2 aromatic heterocycles. The second-order valence-electron chi connectivity index (χ2n) is 6.52. The maximum absolute atomic E-state index is 10.6. The minimum Gasteiger partial charge on any atom is -0.387 e. The van der Waals surface area contributed by atoms with Gasteiger partial charge in [-0.3, -0.25) is 4.57 Å². The van der Waals surface area contributed by atoms with Crippen molar-refractivity contribution in [1.29, 1.82) is 0 Å². The van der Waals surface area contributed by atoms with Crippen LogP contribution in [0.4, 0.5) is 0 Å². The molecule has 27 heavy (non-hydrogen) atoms. The zero-order chi connectivity index (χ0) is 19.1. The number of aliphatic hydroxyl groups excluding tert-OH is 2. The highest BCUT2D eigenvalue weighted by molar-refractivity contribution is 6.30. The Kier molecular flexibility index (Phi) is 4.60. The molecule has 0 radical (unpaired) electrons. The molecule has 1 aliphatic heterocycles. The Hall–Kier alpha value is -2.46. The summed E-state index contributed by atoms with van der Waals surface area (Å²) >= 11 is 5.94. The summed E-state index contributed by atoms with van der Waals surface area (Å²) in [5.74, 6) is 5.17. The van der Waals surface area contributed by atoms with Crippen LogP contribution in [0.1, 0.15) is 24.6 Å². The van der Waals surface area contributed by atoms with E-state index in [0.29, 0.717) is 16.2 Å². The third kappa shape index (κ3) is 2.98. The lowest BCUT2D eigenvalue weighted by Gasteiger charge is -2.22. The van der Waals surface area contributed by atoms with Crippen LogP contribution in [-0.4, -0.2) is 48.0 Å². The van der Waals surface area contributed by atoms with E-state index >= 15 is 0 Å². The summed E-state index contributed by atoms with van der Waals surface area (Å²) in [5, 5.41) is 25.4. The molecule has 9 nitrogen and oxygen atoms in total. The molecule has 5 N–H and O–H groups in total. The highest BCUT2D eigenvalue weighted by Gasteiger charge is 2.46. The first-order chi connectivity index (χ1) is 13.0. The Labute approximate surface area is 159 Å². The number of rotatable bonds is 3. The minimum absolute atomic E-state index is 0.160. The van der Waals surface area contributed by atoms with Crippen LogP contribution in [-0.2, 0) is 4.74 Å². The molecular formula is C17H19ClN6O3. The van der Waals surface area contributed by atoms with Gasteiger partial charge in [-0.15, -0.1) is 0 Å². The van der Waals surface area contributed by atoms with Crippen LogP contribution in [0.15, 0.2) is 42.0 Å². The fraction of sp³-hybridized carbons (Fsp3) is 0.353. The first kappa shape index (κ1) is 17.9. The van der Waals surface area contributed by atoms with Gasteiger partial charge in [0.05, 0.1) is 18.8 Å².